The van der Waals surface area contributed by atoms with Gasteiger partial charge in [0.1, 0.15) is 13.2 Å². The van der Waals surface area contributed by atoms with Crippen molar-refractivity contribution >= 4 is 39.8 Å². The first-order valence-corrected chi connectivity index (χ1v) is 12.0. The summed E-state index contributed by atoms with van der Waals surface area (Å²) in [6.45, 7) is 3.83. The zero-order valence-corrected chi connectivity index (χ0v) is 18.9. The van der Waals surface area contributed by atoms with Crippen LogP contribution in [0.2, 0.25) is 0 Å². The van der Waals surface area contributed by atoms with Gasteiger partial charge in [0, 0.05) is 12.2 Å². The Hall–Kier alpha value is -2.78. The number of amides is 1. The monoisotopic (exact) mass is 456 g/mol. The predicted octanol–water partition coefficient (Wildman–Crippen LogP) is 4.07. The number of rotatable bonds is 9. The number of fused-ring (bicyclic) bond motifs is 1. The molecule has 31 heavy (non-hydrogen) atoms. The van der Waals surface area contributed by atoms with Crippen molar-refractivity contribution in [3.05, 3.63) is 53.6 Å². The zero-order valence-electron chi connectivity index (χ0n) is 17.2. The Morgan fingerprint density at radius 3 is 2.84 bits per heavy atom. The first kappa shape index (κ1) is 21.5. The van der Waals surface area contributed by atoms with Gasteiger partial charge >= 0.3 is 0 Å². The van der Waals surface area contributed by atoms with E-state index in [1.165, 1.54) is 28.7 Å². The Balaban J connectivity index is 1.20. The van der Waals surface area contributed by atoms with E-state index in [1.807, 2.05) is 36.4 Å². The highest BCUT2D eigenvalue weighted by atomic mass is 32.2. The van der Waals surface area contributed by atoms with E-state index in [9.17, 15) is 4.79 Å². The fourth-order valence-corrected chi connectivity index (χ4v) is 4.75. The van der Waals surface area contributed by atoms with E-state index in [0.717, 1.165) is 45.1 Å². The molecule has 0 bridgehead atoms. The van der Waals surface area contributed by atoms with E-state index >= 15 is 0 Å². The standard InChI is InChI=1S/C22H24N4O3S2/c1-2-16-5-3-4-6-17(16)24-21-25-26-22(31-21)30-14-20(27)23-10-9-15-7-8-18-19(13-15)29-12-11-28-18/h3-8,13H,2,9-12,14H2,1H3,(H,23,27)(H,24,25). The van der Waals surface area contributed by atoms with Crippen molar-refractivity contribution in [3.8, 4) is 11.5 Å². The smallest absolute Gasteiger partial charge is 0.230 e. The largest absolute Gasteiger partial charge is 0.486 e. The molecule has 0 unspecified atom stereocenters. The van der Waals surface area contributed by atoms with E-state index in [2.05, 4.69) is 33.8 Å². The fourth-order valence-electron chi connectivity index (χ4n) is 3.15. The summed E-state index contributed by atoms with van der Waals surface area (Å²) in [5.41, 5.74) is 3.36. The molecule has 2 heterocycles. The molecular formula is C22H24N4O3S2. The summed E-state index contributed by atoms with van der Waals surface area (Å²) < 4.78 is 11.9. The third-order valence-corrected chi connectivity index (χ3v) is 6.69. The topological polar surface area (TPSA) is 85.4 Å². The number of nitrogens with zero attached hydrogens (tertiary/aromatic N) is 2. The summed E-state index contributed by atoms with van der Waals surface area (Å²) in [6, 6.07) is 14.0. The Morgan fingerprint density at radius 2 is 1.97 bits per heavy atom. The van der Waals surface area contributed by atoms with E-state index in [-0.39, 0.29) is 5.91 Å². The lowest BCUT2D eigenvalue weighted by Gasteiger charge is -2.18. The number of aryl methyl sites for hydroxylation is 1. The van der Waals surface area contributed by atoms with Gasteiger partial charge < -0.3 is 20.1 Å². The molecule has 0 saturated heterocycles. The highest BCUT2D eigenvalue weighted by Crippen LogP contribution is 2.31. The Bertz CT molecular complexity index is 1040. The summed E-state index contributed by atoms with van der Waals surface area (Å²) in [5.74, 6) is 1.83. The average Bonchev–Trinajstić information content (AvgIpc) is 3.25. The van der Waals surface area contributed by atoms with Crippen molar-refractivity contribution in [3.63, 3.8) is 0 Å². The molecule has 0 fully saturated rings. The number of hydrogen-bond donors (Lipinski definition) is 2. The van der Waals surface area contributed by atoms with Crippen LogP contribution in [0.1, 0.15) is 18.1 Å². The van der Waals surface area contributed by atoms with E-state index in [0.29, 0.717) is 25.5 Å². The van der Waals surface area contributed by atoms with Gasteiger partial charge in [0.15, 0.2) is 15.8 Å². The van der Waals surface area contributed by atoms with E-state index < -0.39 is 0 Å². The van der Waals surface area contributed by atoms with Crippen LogP contribution in [-0.4, -0.2) is 41.6 Å². The molecule has 0 aliphatic carbocycles. The second-order valence-corrected chi connectivity index (χ2v) is 9.08. The lowest BCUT2D eigenvalue weighted by atomic mass is 10.1. The molecule has 2 aromatic carbocycles. The maximum absolute atomic E-state index is 12.2. The molecule has 4 rings (SSSR count). The maximum Gasteiger partial charge on any atom is 0.230 e. The van der Waals surface area contributed by atoms with Crippen LogP contribution in [0.15, 0.2) is 46.8 Å². The number of para-hydroxylation sites is 1. The van der Waals surface area contributed by atoms with Gasteiger partial charge in [-0.1, -0.05) is 54.3 Å². The summed E-state index contributed by atoms with van der Waals surface area (Å²) >= 11 is 2.84. The van der Waals surface area contributed by atoms with Crippen molar-refractivity contribution in [2.45, 2.75) is 24.1 Å². The van der Waals surface area contributed by atoms with Gasteiger partial charge in [-0.05, 0) is 42.2 Å². The number of aromatic nitrogens is 2. The van der Waals surface area contributed by atoms with E-state index in [1.54, 1.807) is 0 Å². The molecule has 0 atom stereocenters. The number of nitrogens with one attached hydrogen (secondary N) is 2. The number of ether oxygens (including phenoxy) is 2. The summed E-state index contributed by atoms with van der Waals surface area (Å²) in [7, 11) is 0. The molecule has 1 amide bonds. The van der Waals surface area contributed by atoms with Crippen LogP contribution in [0.4, 0.5) is 10.8 Å². The van der Waals surface area contributed by atoms with Gasteiger partial charge in [0.25, 0.3) is 0 Å². The molecule has 7 nitrogen and oxygen atoms in total. The summed E-state index contributed by atoms with van der Waals surface area (Å²) in [6.07, 6.45) is 1.67. The minimum Gasteiger partial charge on any atom is -0.486 e. The number of carbonyl (C=O) groups excluding carboxylic acids is 1. The fraction of sp³-hybridized carbons (Fsp3) is 0.318. The maximum atomic E-state index is 12.2. The first-order valence-electron chi connectivity index (χ1n) is 10.2. The third kappa shape index (κ3) is 5.89. The highest BCUT2D eigenvalue weighted by molar-refractivity contribution is 8.01. The average molecular weight is 457 g/mol. The van der Waals surface area contributed by atoms with Gasteiger partial charge in [0.05, 0.1) is 5.75 Å². The number of thioether (sulfide) groups is 1. The van der Waals surface area contributed by atoms with Gasteiger partial charge in [-0.2, -0.15) is 0 Å². The van der Waals surface area contributed by atoms with Crippen LogP contribution in [0.3, 0.4) is 0 Å². The van der Waals surface area contributed by atoms with Crippen molar-refractivity contribution in [1.82, 2.24) is 15.5 Å². The summed E-state index contributed by atoms with van der Waals surface area (Å²) in [4.78, 5) is 12.2. The normalized spacial score (nSPS) is 12.4. The van der Waals surface area contributed by atoms with E-state index in [4.69, 9.17) is 9.47 Å². The summed E-state index contributed by atoms with van der Waals surface area (Å²) in [5, 5.41) is 15.4. The second kappa shape index (κ2) is 10.5. The molecule has 1 aromatic heterocycles. The molecule has 9 heteroatoms. The minimum absolute atomic E-state index is 0.0245. The molecule has 162 valence electrons. The lowest BCUT2D eigenvalue weighted by molar-refractivity contribution is -0.118. The Morgan fingerprint density at radius 1 is 1.13 bits per heavy atom. The third-order valence-electron chi connectivity index (χ3n) is 4.72. The minimum atomic E-state index is -0.0245. The van der Waals surface area contributed by atoms with Gasteiger partial charge in [-0.15, -0.1) is 10.2 Å². The van der Waals surface area contributed by atoms with Gasteiger partial charge in [0.2, 0.25) is 11.0 Å². The van der Waals surface area contributed by atoms with Crippen LogP contribution in [0.5, 0.6) is 11.5 Å². The predicted molar refractivity (Wildman–Crippen MR) is 124 cm³/mol. The zero-order chi connectivity index (χ0) is 21.5. The molecule has 2 N–H and O–H groups in total. The highest BCUT2D eigenvalue weighted by Gasteiger charge is 2.12. The molecule has 0 spiro atoms. The van der Waals surface area contributed by atoms with Crippen LogP contribution in [0, 0.1) is 0 Å². The van der Waals surface area contributed by atoms with Crippen molar-refractivity contribution < 1.29 is 14.3 Å². The Kier molecular flexibility index (Phi) is 7.26. The van der Waals surface area contributed by atoms with Crippen LogP contribution in [-0.2, 0) is 17.6 Å². The van der Waals surface area contributed by atoms with Crippen LogP contribution in [0.25, 0.3) is 0 Å². The number of carbonyl (C=O) groups is 1. The molecule has 1 aliphatic heterocycles. The number of hydrogen-bond acceptors (Lipinski definition) is 8. The van der Waals surface area contributed by atoms with Crippen molar-refractivity contribution in [1.29, 1.82) is 0 Å². The first-order chi connectivity index (χ1) is 15.2. The number of benzene rings is 2. The molecular weight excluding hydrogens is 432 g/mol. The van der Waals surface area contributed by atoms with Crippen molar-refractivity contribution in [2.75, 3.05) is 30.8 Å². The van der Waals surface area contributed by atoms with Gasteiger partial charge in [-0.3, -0.25) is 4.79 Å². The quantitative estimate of drug-likeness (QED) is 0.470. The molecule has 1 aliphatic rings. The SMILES string of the molecule is CCc1ccccc1Nc1nnc(SCC(=O)NCCc2ccc3c(c2)OCCO3)s1. The Labute approximate surface area is 189 Å². The lowest BCUT2D eigenvalue weighted by Crippen LogP contribution is -2.27. The van der Waals surface area contributed by atoms with Crippen LogP contribution < -0.4 is 20.1 Å². The molecule has 0 saturated carbocycles. The van der Waals surface area contributed by atoms with Crippen molar-refractivity contribution in [2.24, 2.45) is 0 Å². The number of anilines is 2. The van der Waals surface area contributed by atoms with Crippen LogP contribution >= 0.6 is 23.1 Å². The molecule has 3 aromatic rings. The van der Waals surface area contributed by atoms with Gasteiger partial charge in [-0.25, -0.2) is 0 Å². The molecule has 0 radical (unpaired) electrons. The second-order valence-electron chi connectivity index (χ2n) is 6.88.